The summed E-state index contributed by atoms with van der Waals surface area (Å²) in [7, 11) is 5.27. The molecule has 3 unspecified atom stereocenters. The molecule has 1 rings (SSSR count). The monoisotopic (exact) mass is 214 g/mol. The minimum atomic E-state index is -0.214. The highest BCUT2D eigenvalue weighted by molar-refractivity contribution is 5.75. The summed E-state index contributed by atoms with van der Waals surface area (Å²) in [5, 5.41) is 2.97. The first kappa shape index (κ1) is 12.5. The van der Waals surface area contributed by atoms with Gasteiger partial charge in [-0.1, -0.05) is 6.92 Å². The number of ether oxygens (including phenoxy) is 1. The van der Waals surface area contributed by atoms with Crippen molar-refractivity contribution in [3.8, 4) is 0 Å². The lowest BCUT2D eigenvalue weighted by Crippen LogP contribution is -2.44. The predicted molar refractivity (Wildman–Crippen MR) is 59.6 cm³/mol. The second-order valence-electron chi connectivity index (χ2n) is 4.56. The maximum Gasteiger partial charge on any atom is 0.324 e. The summed E-state index contributed by atoms with van der Waals surface area (Å²) in [6.45, 7) is 4.07. The van der Waals surface area contributed by atoms with E-state index < -0.39 is 0 Å². The van der Waals surface area contributed by atoms with Gasteiger partial charge in [-0.05, 0) is 32.4 Å². The van der Waals surface area contributed by atoms with Gasteiger partial charge in [-0.3, -0.25) is 4.79 Å². The number of hydrogen-bond donors (Lipinski definition) is 1. The Labute approximate surface area is 92.0 Å². The molecule has 3 atom stereocenters. The van der Waals surface area contributed by atoms with Crippen LogP contribution in [0.15, 0.2) is 0 Å². The van der Waals surface area contributed by atoms with Crippen LogP contribution in [0.25, 0.3) is 0 Å². The van der Waals surface area contributed by atoms with Crippen LogP contribution in [0.5, 0.6) is 0 Å². The maximum absolute atomic E-state index is 11.3. The summed E-state index contributed by atoms with van der Waals surface area (Å²) in [6.07, 6.45) is 1.33. The van der Waals surface area contributed by atoms with E-state index in [0.717, 1.165) is 18.4 Å². The van der Waals surface area contributed by atoms with Crippen molar-refractivity contribution in [1.29, 1.82) is 0 Å². The van der Waals surface area contributed by atoms with Crippen LogP contribution in [0.2, 0.25) is 0 Å². The van der Waals surface area contributed by atoms with Crippen molar-refractivity contribution in [3.63, 3.8) is 0 Å². The van der Waals surface area contributed by atoms with Crippen LogP contribution in [0.1, 0.15) is 13.3 Å². The Morgan fingerprint density at radius 3 is 2.67 bits per heavy atom. The third-order valence-corrected chi connectivity index (χ3v) is 3.15. The van der Waals surface area contributed by atoms with Gasteiger partial charge in [-0.15, -0.1) is 0 Å². The molecular formula is C11H22N2O2. The van der Waals surface area contributed by atoms with Crippen LogP contribution >= 0.6 is 0 Å². The summed E-state index contributed by atoms with van der Waals surface area (Å²) < 4.78 is 4.72. The zero-order valence-electron chi connectivity index (χ0n) is 10.1. The standard InChI is InChI=1S/C11H22N2O2/c1-8-5-9(8)6-13(3)7-10(12-2)11(14)15-4/h8-10,12H,5-7H2,1-4H3. The SMILES string of the molecule is CNC(CN(C)CC1CC1C)C(=O)OC. The first-order valence-electron chi connectivity index (χ1n) is 5.52. The molecule has 0 bridgehead atoms. The number of rotatable bonds is 6. The largest absolute Gasteiger partial charge is 0.468 e. The smallest absolute Gasteiger partial charge is 0.324 e. The molecule has 0 amide bonds. The van der Waals surface area contributed by atoms with Crippen LogP contribution < -0.4 is 5.32 Å². The van der Waals surface area contributed by atoms with E-state index in [1.165, 1.54) is 13.5 Å². The first-order valence-corrected chi connectivity index (χ1v) is 5.52. The molecule has 0 aromatic heterocycles. The van der Waals surface area contributed by atoms with Crippen LogP contribution in [0.3, 0.4) is 0 Å². The number of carbonyl (C=O) groups excluding carboxylic acids is 1. The zero-order valence-corrected chi connectivity index (χ0v) is 10.1. The Kier molecular flexibility index (Phi) is 4.54. The molecule has 0 aromatic rings. The van der Waals surface area contributed by atoms with Gasteiger partial charge in [0.1, 0.15) is 6.04 Å². The predicted octanol–water partition coefficient (Wildman–Crippen LogP) is 0.335. The van der Waals surface area contributed by atoms with Gasteiger partial charge in [-0.25, -0.2) is 0 Å². The molecule has 0 aromatic carbocycles. The third kappa shape index (κ3) is 3.80. The quantitative estimate of drug-likeness (QED) is 0.647. The number of likely N-dealkylation sites (N-methyl/N-ethyl adjacent to an activating group) is 2. The Bertz CT molecular complexity index is 221. The van der Waals surface area contributed by atoms with E-state index >= 15 is 0 Å². The molecule has 0 spiro atoms. The molecule has 15 heavy (non-hydrogen) atoms. The van der Waals surface area contributed by atoms with Gasteiger partial charge in [0.2, 0.25) is 0 Å². The van der Waals surface area contributed by atoms with Crippen molar-refractivity contribution in [1.82, 2.24) is 10.2 Å². The normalized spacial score (nSPS) is 26.5. The molecule has 0 aliphatic heterocycles. The minimum Gasteiger partial charge on any atom is -0.468 e. The second-order valence-corrected chi connectivity index (χ2v) is 4.56. The topological polar surface area (TPSA) is 41.6 Å². The third-order valence-electron chi connectivity index (χ3n) is 3.15. The number of carbonyl (C=O) groups is 1. The number of hydrogen-bond acceptors (Lipinski definition) is 4. The highest BCUT2D eigenvalue weighted by atomic mass is 16.5. The molecule has 88 valence electrons. The summed E-state index contributed by atoms with van der Waals surface area (Å²) in [4.78, 5) is 13.5. The lowest BCUT2D eigenvalue weighted by atomic mass is 10.2. The van der Waals surface area contributed by atoms with Crippen molar-refractivity contribution >= 4 is 5.97 Å². The van der Waals surface area contributed by atoms with E-state index in [9.17, 15) is 4.79 Å². The summed E-state index contributed by atoms with van der Waals surface area (Å²) in [5.41, 5.74) is 0. The van der Waals surface area contributed by atoms with Crippen molar-refractivity contribution in [3.05, 3.63) is 0 Å². The van der Waals surface area contributed by atoms with Crippen LogP contribution in [-0.2, 0) is 9.53 Å². The Hall–Kier alpha value is -0.610. The van der Waals surface area contributed by atoms with Gasteiger partial charge in [0.25, 0.3) is 0 Å². The lowest BCUT2D eigenvalue weighted by Gasteiger charge is -2.21. The summed E-state index contributed by atoms with van der Waals surface area (Å²) in [5.74, 6) is 1.50. The average molecular weight is 214 g/mol. The van der Waals surface area contributed by atoms with E-state index in [-0.39, 0.29) is 12.0 Å². The fraction of sp³-hybridized carbons (Fsp3) is 0.909. The summed E-state index contributed by atoms with van der Waals surface area (Å²) in [6, 6.07) is -0.214. The zero-order chi connectivity index (χ0) is 11.4. The van der Waals surface area contributed by atoms with Gasteiger partial charge >= 0.3 is 5.97 Å². The first-order chi connectivity index (χ1) is 7.08. The molecule has 1 aliphatic rings. The van der Waals surface area contributed by atoms with Crippen LogP contribution in [0, 0.1) is 11.8 Å². The van der Waals surface area contributed by atoms with E-state index in [0.29, 0.717) is 6.54 Å². The molecule has 4 heteroatoms. The highest BCUT2D eigenvalue weighted by Gasteiger charge is 2.33. The van der Waals surface area contributed by atoms with Crippen LogP contribution in [0.4, 0.5) is 0 Å². The fourth-order valence-corrected chi connectivity index (χ4v) is 1.87. The minimum absolute atomic E-state index is 0.187. The number of nitrogens with zero attached hydrogens (tertiary/aromatic N) is 1. The van der Waals surface area contributed by atoms with Crippen molar-refractivity contribution < 1.29 is 9.53 Å². The van der Waals surface area contributed by atoms with Gasteiger partial charge in [0, 0.05) is 13.1 Å². The van der Waals surface area contributed by atoms with E-state index in [1.807, 2.05) is 0 Å². The molecule has 1 N–H and O–H groups in total. The second kappa shape index (κ2) is 5.47. The van der Waals surface area contributed by atoms with Gasteiger partial charge in [0.05, 0.1) is 7.11 Å². The van der Waals surface area contributed by atoms with Crippen LogP contribution in [-0.4, -0.2) is 51.2 Å². The number of nitrogens with one attached hydrogen (secondary N) is 1. The van der Waals surface area contributed by atoms with E-state index in [4.69, 9.17) is 4.74 Å². The molecule has 1 saturated carbocycles. The van der Waals surface area contributed by atoms with Gasteiger partial charge in [-0.2, -0.15) is 0 Å². The number of methoxy groups -OCH3 is 1. The molecule has 1 aliphatic carbocycles. The lowest BCUT2D eigenvalue weighted by molar-refractivity contribution is -0.143. The number of esters is 1. The highest BCUT2D eigenvalue weighted by Crippen LogP contribution is 2.37. The Balaban J connectivity index is 2.27. The van der Waals surface area contributed by atoms with Gasteiger partial charge < -0.3 is 15.0 Å². The summed E-state index contributed by atoms with van der Waals surface area (Å²) >= 11 is 0. The van der Waals surface area contributed by atoms with Crippen molar-refractivity contribution in [2.24, 2.45) is 11.8 Å². The molecule has 1 fully saturated rings. The molecule has 0 radical (unpaired) electrons. The average Bonchev–Trinajstić information content (AvgIpc) is 2.89. The maximum atomic E-state index is 11.3. The Morgan fingerprint density at radius 2 is 2.27 bits per heavy atom. The fourth-order valence-electron chi connectivity index (χ4n) is 1.87. The van der Waals surface area contributed by atoms with Gasteiger partial charge in [0.15, 0.2) is 0 Å². The van der Waals surface area contributed by atoms with Crippen molar-refractivity contribution in [2.45, 2.75) is 19.4 Å². The Morgan fingerprint density at radius 1 is 1.67 bits per heavy atom. The molecular weight excluding hydrogens is 192 g/mol. The van der Waals surface area contributed by atoms with E-state index in [2.05, 4.69) is 24.2 Å². The molecule has 4 nitrogen and oxygen atoms in total. The van der Waals surface area contributed by atoms with E-state index in [1.54, 1.807) is 7.05 Å². The molecule has 0 saturated heterocycles. The van der Waals surface area contributed by atoms with Crippen molar-refractivity contribution in [2.75, 3.05) is 34.3 Å². The molecule has 0 heterocycles.